The van der Waals surface area contributed by atoms with E-state index in [-0.39, 0.29) is 6.04 Å². The van der Waals surface area contributed by atoms with Gasteiger partial charge in [-0.2, -0.15) is 16.7 Å². The first kappa shape index (κ1) is 12.4. The summed E-state index contributed by atoms with van der Waals surface area (Å²) in [6.45, 7) is 0. The van der Waals surface area contributed by atoms with Crippen LogP contribution in [-0.2, 0) is 4.74 Å². The Kier molecular flexibility index (Phi) is 3.59. The lowest BCUT2D eigenvalue weighted by Crippen LogP contribution is -2.16. The smallest absolute Gasteiger partial charge is 0.243 e. The third-order valence-corrected chi connectivity index (χ3v) is 4.49. The standard InChI is InChI=1S/C12H19N3O2S/c1-18-5-4-9(13)12-14-11(15-17-12)8-6-7-2-3-10(8)16-7/h7-10H,2-6,13H2,1H3. The van der Waals surface area contributed by atoms with Crippen LogP contribution in [0.15, 0.2) is 4.52 Å². The van der Waals surface area contributed by atoms with Gasteiger partial charge in [-0.05, 0) is 37.7 Å². The van der Waals surface area contributed by atoms with Crippen molar-refractivity contribution in [3.8, 4) is 0 Å². The summed E-state index contributed by atoms with van der Waals surface area (Å²) in [7, 11) is 0. The van der Waals surface area contributed by atoms with Crippen LogP contribution < -0.4 is 5.73 Å². The van der Waals surface area contributed by atoms with Crippen molar-refractivity contribution >= 4 is 11.8 Å². The first-order chi connectivity index (χ1) is 8.78. The Morgan fingerprint density at radius 2 is 2.39 bits per heavy atom. The lowest BCUT2D eigenvalue weighted by atomic mass is 9.89. The average Bonchev–Trinajstić information content (AvgIpc) is 3.09. The third kappa shape index (κ3) is 2.29. The molecule has 0 radical (unpaired) electrons. The monoisotopic (exact) mass is 269 g/mol. The van der Waals surface area contributed by atoms with Crippen LogP contribution in [-0.4, -0.2) is 34.4 Å². The van der Waals surface area contributed by atoms with Crippen LogP contribution >= 0.6 is 11.8 Å². The van der Waals surface area contributed by atoms with Crippen molar-refractivity contribution in [3.05, 3.63) is 11.7 Å². The summed E-state index contributed by atoms with van der Waals surface area (Å²) in [4.78, 5) is 4.47. The van der Waals surface area contributed by atoms with Crippen molar-refractivity contribution in [2.45, 2.75) is 49.9 Å². The molecule has 2 bridgehead atoms. The molecule has 2 saturated heterocycles. The minimum atomic E-state index is -0.141. The molecule has 2 N–H and O–H groups in total. The second-order valence-electron chi connectivity index (χ2n) is 5.09. The van der Waals surface area contributed by atoms with Crippen LogP contribution in [0.2, 0.25) is 0 Å². The first-order valence-electron chi connectivity index (χ1n) is 6.51. The SMILES string of the molecule is CSCCC(N)c1nc(C2CC3CCC2O3)no1. The molecule has 0 amide bonds. The van der Waals surface area contributed by atoms with Crippen molar-refractivity contribution < 1.29 is 9.26 Å². The fourth-order valence-electron chi connectivity index (χ4n) is 2.83. The molecule has 0 aliphatic carbocycles. The number of fused-ring (bicyclic) bond motifs is 2. The van der Waals surface area contributed by atoms with Gasteiger partial charge in [0.2, 0.25) is 5.89 Å². The van der Waals surface area contributed by atoms with Gasteiger partial charge in [0.25, 0.3) is 0 Å². The summed E-state index contributed by atoms with van der Waals surface area (Å²) in [6, 6.07) is -0.141. The van der Waals surface area contributed by atoms with Gasteiger partial charge in [0, 0.05) is 0 Å². The van der Waals surface area contributed by atoms with E-state index < -0.39 is 0 Å². The lowest BCUT2D eigenvalue weighted by Gasteiger charge is -2.13. The van der Waals surface area contributed by atoms with E-state index >= 15 is 0 Å². The van der Waals surface area contributed by atoms with Gasteiger partial charge in [-0.1, -0.05) is 5.16 Å². The molecular formula is C12H19N3O2S. The van der Waals surface area contributed by atoms with E-state index in [0.717, 1.165) is 30.8 Å². The van der Waals surface area contributed by atoms with Gasteiger partial charge < -0.3 is 15.0 Å². The van der Waals surface area contributed by atoms with E-state index in [1.807, 2.05) is 0 Å². The van der Waals surface area contributed by atoms with E-state index in [1.165, 1.54) is 6.42 Å². The highest BCUT2D eigenvalue weighted by Crippen LogP contribution is 2.43. The van der Waals surface area contributed by atoms with Crippen LogP contribution in [0.3, 0.4) is 0 Å². The van der Waals surface area contributed by atoms with Crippen LogP contribution in [0.5, 0.6) is 0 Å². The third-order valence-electron chi connectivity index (χ3n) is 3.85. The Morgan fingerprint density at radius 3 is 3.06 bits per heavy atom. The highest BCUT2D eigenvalue weighted by atomic mass is 32.2. The van der Waals surface area contributed by atoms with Gasteiger partial charge in [0.15, 0.2) is 5.82 Å². The summed E-state index contributed by atoms with van der Waals surface area (Å²) in [6.07, 6.45) is 6.98. The van der Waals surface area contributed by atoms with Crippen molar-refractivity contribution in [1.82, 2.24) is 10.1 Å². The molecule has 0 aromatic carbocycles. The molecule has 18 heavy (non-hydrogen) atoms. The maximum absolute atomic E-state index is 6.03. The Labute approximate surface area is 111 Å². The molecule has 4 unspecified atom stereocenters. The predicted molar refractivity (Wildman–Crippen MR) is 69.5 cm³/mol. The first-order valence-corrected chi connectivity index (χ1v) is 7.90. The molecule has 2 aliphatic heterocycles. The minimum absolute atomic E-state index is 0.141. The maximum atomic E-state index is 6.03. The van der Waals surface area contributed by atoms with Gasteiger partial charge in [0.05, 0.1) is 24.2 Å². The largest absolute Gasteiger partial charge is 0.374 e. The summed E-state index contributed by atoms with van der Waals surface area (Å²) < 4.78 is 11.1. The number of aromatic nitrogens is 2. The number of nitrogens with two attached hydrogens (primary N) is 1. The Bertz CT molecular complexity index is 412. The Balaban J connectivity index is 1.66. The van der Waals surface area contributed by atoms with E-state index in [1.54, 1.807) is 11.8 Å². The van der Waals surface area contributed by atoms with Crippen LogP contribution in [0.4, 0.5) is 0 Å². The molecule has 4 atom stereocenters. The van der Waals surface area contributed by atoms with Crippen molar-refractivity contribution in [2.24, 2.45) is 5.73 Å². The Morgan fingerprint density at radius 1 is 1.50 bits per heavy atom. The summed E-state index contributed by atoms with van der Waals surface area (Å²) in [5.74, 6) is 2.68. The highest BCUT2D eigenvalue weighted by Gasteiger charge is 2.43. The van der Waals surface area contributed by atoms with E-state index in [0.29, 0.717) is 24.0 Å². The molecule has 5 nitrogen and oxygen atoms in total. The van der Waals surface area contributed by atoms with Crippen molar-refractivity contribution in [1.29, 1.82) is 0 Å². The quantitative estimate of drug-likeness (QED) is 0.879. The van der Waals surface area contributed by atoms with Gasteiger partial charge >= 0.3 is 0 Å². The van der Waals surface area contributed by atoms with Crippen molar-refractivity contribution in [3.63, 3.8) is 0 Å². The number of hydrogen-bond acceptors (Lipinski definition) is 6. The van der Waals surface area contributed by atoms with Gasteiger partial charge in [0.1, 0.15) is 0 Å². The van der Waals surface area contributed by atoms with Gasteiger partial charge in [-0.3, -0.25) is 0 Å². The summed E-state index contributed by atoms with van der Waals surface area (Å²) in [5.41, 5.74) is 6.03. The fourth-order valence-corrected chi connectivity index (χ4v) is 3.32. The second kappa shape index (κ2) is 5.19. The summed E-state index contributed by atoms with van der Waals surface area (Å²) in [5, 5.41) is 4.09. The summed E-state index contributed by atoms with van der Waals surface area (Å²) >= 11 is 1.78. The molecule has 3 heterocycles. The molecule has 2 aliphatic rings. The van der Waals surface area contributed by atoms with E-state index in [4.69, 9.17) is 15.0 Å². The molecular weight excluding hydrogens is 250 g/mol. The van der Waals surface area contributed by atoms with Crippen LogP contribution in [0, 0.1) is 0 Å². The maximum Gasteiger partial charge on any atom is 0.243 e. The van der Waals surface area contributed by atoms with Gasteiger partial charge in [-0.15, -0.1) is 0 Å². The highest BCUT2D eigenvalue weighted by molar-refractivity contribution is 7.98. The number of thioether (sulfide) groups is 1. The normalized spacial score (nSPS) is 32.0. The number of nitrogens with zero attached hydrogens (tertiary/aromatic N) is 2. The molecule has 6 heteroatoms. The zero-order valence-electron chi connectivity index (χ0n) is 10.5. The molecule has 0 saturated carbocycles. The zero-order chi connectivity index (χ0) is 12.5. The van der Waals surface area contributed by atoms with E-state index in [9.17, 15) is 0 Å². The molecule has 100 valence electrons. The molecule has 0 spiro atoms. The lowest BCUT2D eigenvalue weighted by molar-refractivity contribution is 0.0996. The zero-order valence-corrected chi connectivity index (χ0v) is 11.4. The molecule has 1 aromatic heterocycles. The molecule has 3 rings (SSSR count). The number of ether oxygens (including phenoxy) is 1. The topological polar surface area (TPSA) is 74.2 Å². The molecule has 1 aromatic rings. The van der Waals surface area contributed by atoms with Crippen LogP contribution in [0.25, 0.3) is 0 Å². The van der Waals surface area contributed by atoms with E-state index in [2.05, 4.69) is 16.4 Å². The van der Waals surface area contributed by atoms with Gasteiger partial charge in [-0.25, -0.2) is 0 Å². The van der Waals surface area contributed by atoms with Crippen molar-refractivity contribution in [2.75, 3.05) is 12.0 Å². The number of rotatable bonds is 5. The second-order valence-corrected chi connectivity index (χ2v) is 6.08. The van der Waals surface area contributed by atoms with Crippen LogP contribution in [0.1, 0.15) is 49.4 Å². The molecule has 2 fully saturated rings. The minimum Gasteiger partial charge on any atom is -0.374 e. The number of hydrogen-bond donors (Lipinski definition) is 1. The Hall–Kier alpha value is -0.590. The average molecular weight is 269 g/mol. The fraction of sp³-hybridized carbons (Fsp3) is 0.833. The predicted octanol–water partition coefficient (Wildman–Crippen LogP) is 1.86.